The van der Waals surface area contributed by atoms with E-state index in [1.54, 1.807) is 41.1 Å². The van der Waals surface area contributed by atoms with Crippen LogP contribution in [-0.4, -0.2) is 154 Å². The number of carbonyl (C=O) groups excluding carboxylic acids is 5. The van der Waals surface area contributed by atoms with E-state index in [2.05, 4.69) is 0 Å². The molecule has 0 aromatic rings. The minimum Gasteiger partial charge on any atom is -0.460 e. The molecule has 4 bridgehead atoms. The van der Waals surface area contributed by atoms with Crippen LogP contribution in [0.5, 0.6) is 0 Å². The van der Waals surface area contributed by atoms with Gasteiger partial charge in [-0.05, 0) is 101 Å². The zero-order valence-electron chi connectivity index (χ0n) is 44.5. The first-order valence-corrected chi connectivity index (χ1v) is 28.0. The number of aliphatic hydroxyl groups excluding tert-OH is 1. The Morgan fingerprint density at radius 1 is 0.847 bits per heavy atom. The van der Waals surface area contributed by atoms with Crippen LogP contribution < -0.4 is 0 Å². The smallest absolute Gasteiger partial charge is 0.329 e. The molecule has 5 rings (SSSR count). The number of allylic oxidation sites excluding steroid dienone is 6. The summed E-state index contributed by atoms with van der Waals surface area (Å²) in [5.41, 5.74) is 1.25. The number of aliphatic hydroxyl groups is 2. The van der Waals surface area contributed by atoms with E-state index in [0.717, 1.165) is 5.57 Å². The molecule has 1 amide bonds. The van der Waals surface area contributed by atoms with Gasteiger partial charge >= 0.3 is 13.6 Å². The molecule has 1 aliphatic carbocycles. The molecule has 0 aromatic heterocycles. The number of rotatable bonds is 11. The Morgan fingerprint density at radius 2 is 1.58 bits per heavy atom. The number of carbonyl (C=O) groups is 5. The van der Waals surface area contributed by atoms with Gasteiger partial charge in [0.05, 0.1) is 37.6 Å². The monoisotopic (exact) mass is 1030 g/mol. The SMILES string of the molecule is COCCOP(C)(=O)O[C@@H]1CCC(C[C@H]2C3CCCN4C(=O)C(=O)C5(O)O[C@@H](CCC5C)C[C@H](OC)/C(C)=C/C=C/C=C/[C@@H](C)CC(C)C(=O)[C@H](OC)C(O)/C(C)=C/C(C)C(=O)C[C@@H]2OC(=O)C34)CC1OC. The number of Topliss-reactive ketones (excluding diaryl/α,β-unsaturated/α-hetero) is 3. The molecule has 4 heterocycles. The molecule has 5 aliphatic rings. The summed E-state index contributed by atoms with van der Waals surface area (Å²) >= 11 is 0. The van der Waals surface area contributed by atoms with E-state index >= 15 is 0 Å². The molecule has 10 unspecified atom stereocenters. The lowest BCUT2D eigenvalue weighted by molar-refractivity contribution is -0.266. The number of nitrogens with zero attached hydrogens (tertiary/aromatic N) is 1. The Labute approximate surface area is 427 Å². The van der Waals surface area contributed by atoms with Crippen molar-refractivity contribution in [3.63, 3.8) is 0 Å². The van der Waals surface area contributed by atoms with Crippen molar-refractivity contribution < 1.29 is 76.2 Å². The molecule has 0 radical (unpaired) electrons. The quantitative estimate of drug-likeness (QED) is 0.0706. The molecule has 0 aromatic carbocycles. The van der Waals surface area contributed by atoms with Gasteiger partial charge < -0.3 is 52.6 Å². The molecular formula is C54H84NO16P. The predicted molar refractivity (Wildman–Crippen MR) is 269 cm³/mol. The van der Waals surface area contributed by atoms with Crippen molar-refractivity contribution in [3.05, 3.63) is 47.6 Å². The molecular weight excluding hydrogens is 950 g/mol. The lowest BCUT2D eigenvalue weighted by atomic mass is 9.68. The zero-order valence-corrected chi connectivity index (χ0v) is 45.4. The second-order valence-electron chi connectivity index (χ2n) is 21.2. The maximum absolute atomic E-state index is 14.6. The number of methoxy groups -OCH3 is 4. The van der Waals surface area contributed by atoms with Crippen molar-refractivity contribution in [2.45, 2.75) is 167 Å². The normalized spacial score (nSPS) is 40.6. The average Bonchev–Trinajstić information content (AvgIpc) is 3.34. The van der Waals surface area contributed by atoms with Crippen molar-refractivity contribution in [1.82, 2.24) is 4.90 Å². The van der Waals surface area contributed by atoms with Crippen LogP contribution in [0, 0.1) is 41.4 Å². The average molecular weight is 1030 g/mol. The first-order valence-electron chi connectivity index (χ1n) is 26.0. The van der Waals surface area contributed by atoms with Gasteiger partial charge in [0.15, 0.2) is 5.78 Å². The third-order valence-electron chi connectivity index (χ3n) is 15.8. The maximum Gasteiger partial charge on any atom is 0.329 e. The van der Waals surface area contributed by atoms with Crippen molar-refractivity contribution in [2.24, 2.45) is 41.4 Å². The van der Waals surface area contributed by atoms with Gasteiger partial charge in [-0.25, -0.2) is 4.79 Å². The summed E-state index contributed by atoms with van der Waals surface area (Å²) in [4.78, 5) is 72.8. The summed E-state index contributed by atoms with van der Waals surface area (Å²) in [5.74, 6) is -8.90. The van der Waals surface area contributed by atoms with Crippen LogP contribution in [-0.2, 0) is 66.0 Å². The van der Waals surface area contributed by atoms with Crippen LogP contribution in [0.1, 0.15) is 112 Å². The highest BCUT2D eigenvalue weighted by atomic mass is 31.2. The molecule has 2 N–H and O–H groups in total. The highest BCUT2D eigenvalue weighted by Crippen LogP contribution is 2.50. The highest BCUT2D eigenvalue weighted by Gasteiger charge is 2.57. The second-order valence-corrected chi connectivity index (χ2v) is 23.2. The summed E-state index contributed by atoms with van der Waals surface area (Å²) in [5, 5.41) is 23.6. The number of esters is 1. The number of hydrogen-bond donors (Lipinski definition) is 2. The molecule has 18 heteroatoms. The van der Waals surface area contributed by atoms with E-state index in [0.29, 0.717) is 69.8 Å². The van der Waals surface area contributed by atoms with Gasteiger partial charge in [0, 0.05) is 78.2 Å². The number of ether oxygens (including phenoxy) is 6. The summed E-state index contributed by atoms with van der Waals surface area (Å²) in [6.45, 7) is 12.6. The molecule has 17 nitrogen and oxygen atoms in total. The fraction of sp³-hybridized carbons (Fsp3) is 0.759. The van der Waals surface area contributed by atoms with Gasteiger partial charge in [-0.3, -0.25) is 23.7 Å². The van der Waals surface area contributed by atoms with Crippen LogP contribution in [0.3, 0.4) is 0 Å². The van der Waals surface area contributed by atoms with Crippen LogP contribution in [0.15, 0.2) is 47.6 Å². The Balaban J connectivity index is 1.50. The first kappa shape index (κ1) is 59.7. The molecule has 1 saturated carbocycles. The topological polar surface area (TPSA) is 220 Å². The Bertz CT molecular complexity index is 2050. The van der Waals surface area contributed by atoms with Crippen molar-refractivity contribution in [3.8, 4) is 0 Å². The van der Waals surface area contributed by atoms with E-state index in [4.69, 9.17) is 37.5 Å². The molecule has 0 spiro atoms. The number of ketones is 3. The maximum atomic E-state index is 14.6. The summed E-state index contributed by atoms with van der Waals surface area (Å²) in [7, 11) is 2.57. The minimum atomic E-state index is -3.46. The van der Waals surface area contributed by atoms with E-state index in [9.17, 15) is 38.8 Å². The molecule has 4 aliphatic heterocycles. The number of piperidine rings is 1. The van der Waals surface area contributed by atoms with Crippen molar-refractivity contribution in [2.75, 3.05) is 54.9 Å². The standard InChI is InChI=1S/C54H84NO16P/c1-32-16-13-12-14-17-33(2)44(65-8)30-39-21-19-37(6)54(62,70-39)51(59)52(60)55-23-15-18-40-41(28-38-20-22-43(46(29-38)66-9)71-72(11,63)68-25-24-64-7)45(69-53(61)47(40)55)31-42(56)34(3)27-36(5)49(58)50(67-10)48(57)35(4)26-32/h12-14,16-17,27,32,34-35,37-41,43-47,49-50,58,62H,15,18-26,28-31H2,1-11H3/b14-12+,16-13+,33-17+,36-27+/t32-,34?,35?,37?,38?,39+,40?,41+,43-,44+,45+,46?,47?,49?,50+,54?,72?/m1/s1. The van der Waals surface area contributed by atoms with Gasteiger partial charge in [-0.2, -0.15) is 0 Å². The Morgan fingerprint density at radius 3 is 2.26 bits per heavy atom. The van der Waals surface area contributed by atoms with Crippen LogP contribution in [0.2, 0.25) is 0 Å². The van der Waals surface area contributed by atoms with Crippen molar-refractivity contribution >= 4 is 36.8 Å². The molecule has 72 heavy (non-hydrogen) atoms. The fourth-order valence-electron chi connectivity index (χ4n) is 11.6. The minimum absolute atomic E-state index is 0.00661. The lowest BCUT2D eigenvalue weighted by Crippen LogP contribution is -2.65. The highest BCUT2D eigenvalue weighted by molar-refractivity contribution is 7.53. The first-order chi connectivity index (χ1) is 34.1. The second kappa shape index (κ2) is 27.0. The van der Waals surface area contributed by atoms with E-state index < -0.39 is 109 Å². The van der Waals surface area contributed by atoms with Crippen LogP contribution >= 0.6 is 7.60 Å². The predicted octanol–water partition coefficient (Wildman–Crippen LogP) is 6.91. The summed E-state index contributed by atoms with van der Waals surface area (Å²) < 4.78 is 59.7. The van der Waals surface area contributed by atoms with E-state index in [1.165, 1.54) is 25.8 Å². The molecule has 3 saturated heterocycles. The van der Waals surface area contributed by atoms with Crippen molar-refractivity contribution in [1.29, 1.82) is 0 Å². The van der Waals surface area contributed by atoms with Gasteiger partial charge in [0.25, 0.3) is 11.7 Å². The van der Waals surface area contributed by atoms with E-state index in [-0.39, 0.29) is 49.6 Å². The third-order valence-corrected chi connectivity index (χ3v) is 17.1. The molecule has 4 fully saturated rings. The van der Waals surface area contributed by atoms with E-state index in [1.807, 2.05) is 51.2 Å². The molecule has 406 valence electrons. The zero-order chi connectivity index (χ0) is 53.1. The number of hydrogen-bond acceptors (Lipinski definition) is 16. The van der Waals surface area contributed by atoms with Crippen LogP contribution in [0.4, 0.5) is 0 Å². The van der Waals surface area contributed by atoms with Gasteiger partial charge in [-0.1, -0.05) is 64.2 Å². The third kappa shape index (κ3) is 15.0. The van der Waals surface area contributed by atoms with Crippen LogP contribution in [0.25, 0.3) is 0 Å². The molecule has 17 atom stereocenters. The van der Waals surface area contributed by atoms with Gasteiger partial charge in [0.2, 0.25) is 5.79 Å². The Kier molecular flexibility index (Phi) is 22.4. The Hall–Kier alpha value is -3.22. The van der Waals surface area contributed by atoms with Gasteiger partial charge in [0.1, 0.15) is 30.1 Å². The summed E-state index contributed by atoms with van der Waals surface area (Å²) in [6, 6.07) is -1.17. The number of amides is 1. The lowest BCUT2D eigenvalue weighted by Gasteiger charge is -2.50. The fourth-order valence-corrected chi connectivity index (χ4v) is 12.8. The van der Waals surface area contributed by atoms with Gasteiger partial charge in [-0.15, -0.1) is 0 Å². The largest absolute Gasteiger partial charge is 0.460 e. The summed E-state index contributed by atoms with van der Waals surface area (Å²) in [6.07, 6.45) is 10.2. The number of fused-ring (bicyclic) bond motifs is 4.